The molecule has 4 aromatic rings. The summed E-state index contributed by atoms with van der Waals surface area (Å²) in [5.74, 6) is 0.655. The van der Waals surface area contributed by atoms with Gasteiger partial charge in [-0.25, -0.2) is 9.97 Å². The zero-order chi connectivity index (χ0) is 17.2. The molecule has 4 rings (SSSR count). The van der Waals surface area contributed by atoms with E-state index in [1.54, 1.807) is 6.20 Å². The zero-order valence-corrected chi connectivity index (χ0v) is 14.3. The lowest BCUT2D eigenvalue weighted by molar-refractivity contribution is 1.20. The summed E-state index contributed by atoms with van der Waals surface area (Å²) in [7, 11) is 1.89. The molecule has 0 saturated heterocycles. The summed E-state index contributed by atoms with van der Waals surface area (Å²) in [6, 6.07) is 19.4. The maximum atomic E-state index is 6.00. The topological polar surface area (TPSA) is 50.7 Å². The third-order valence-electron chi connectivity index (χ3n) is 4.00. The van der Waals surface area contributed by atoms with Crippen LogP contribution in [0.2, 0.25) is 5.02 Å². The van der Waals surface area contributed by atoms with E-state index in [1.165, 1.54) is 0 Å². The van der Waals surface area contributed by atoms with E-state index < -0.39 is 0 Å². The smallest absolute Gasteiger partial charge is 0.160 e. The van der Waals surface area contributed by atoms with Gasteiger partial charge in [-0.3, -0.25) is 4.98 Å². The number of benzene rings is 2. The van der Waals surface area contributed by atoms with Gasteiger partial charge in [0.2, 0.25) is 0 Å². The number of hydrogen-bond acceptors (Lipinski definition) is 4. The quantitative estimate of drug-likeness (QED) is 0.563. The maximum Gasteiger partial charge on any atom is 0.160 e. The Hall–Kier alpha value is -2.98. The SMILES string of the molecule is CNc1ccnc(-c2nc(-c3ccc(Cl)cc3)nc3ccccc23)c1. The van der Waals surface area contributed by atoms with Gasteiger partial charge in [-0.1, -0.05) is 29.8 Å². The lowest BCUT2D eigenvalue weighted by atomic mass is 10.1. The van der Waals surface area contributed by atoms with Crippen molar-refractivity contribution >= 4 is 28.2 Å². The van der Waals surface area contributed by atoms with Gasteiger partial charge in [0.15, 0.2) is 5.82 Å². The second-order valence-corrected chi connectivity index (χ2v) is 6.04. The van der Waals surface area contributed by atoms with Crippen LogP contribution in [-0.2, 0) is 0 Å². The minimum absolute atomic E-state index is 0.655. The Morgan fingerprint density at radius 3 is 2.52 bits per heavy atom. The number of hydrogen-bond donors (Lipinski definition) is 1. The number of halogens is 1. The van der Waals surface area contributed by atoms with Gasteiger partial charge in [0.1, 0.15) is 5.69 Å². The van der Waals surface area contributed by atoms with E-state index in [1.807, 2.05) is 67.7 Å². The van der Waals surface area contributed by atoms with Gasteiger partial charge < -0.3 is 5.32 Å². The highest BCUT2D eigenvalue weighted by Crippen LogP contribution is 2.29. The van der Waals surface area contributed by atoms with Crippen molar-refractivity contribution in [3.63, 3.8) is 0 Å². The second kappa shape index (κ2) is 6.49. The molecule has 2 aromatic carbocycles. The van der Waals surface area contributed by atoms with E-state index in [0.717, 1.165) is 33.5 Å². The van der Waals surface area contributed by atoms with Gasteiger partial charge in [-0.2, -0.15) is 0 Å². The van der Waals surface area contributed by atoms with E-state index in [-0.39, 0.29) is 0 Å². The molecule has 25 heavy (non-hydrogen) atoms. The molecule has 2 heterocycles. The number of aromatic nitrogens is 3. The van der Waals surface area contributed by atoms with E-state index in [0.29, 0.717) is 10.8 Å². The highest BCUT2D eigenvalue weighted by atomic mass is 35.5. The van der Waals surface area contributed by atoms with Crippen molar-refractivity contribution < 1.29 is 0 Å². The van der Waals surface area contributed by atoms with Gasteiger partial charge in [-0.15, -0.1) is 0 Å². The molecule has 2 aromatic heterocycles. The Kier molecular flexibility index (Phi) is 4.04. The van der Waals surface area contributed by atoms with Gasteiger partial charge in [0.25, 0.3) is 0 Å². The predicted molar refractivity (Wildman–Crippen MR) is 103 cm³/mol. The fourth-order valence-corrected chi connectivity index (χ4v) is 2.84. The number of nitrogens with one attached hydrogen (secondary N) is 1. The standard InChI is InChI=1S/C20H15ClN4/c1-22-15-10-11-23-18(12-15)19-16-4-2-3-5-17(16)24-20(25-19)13-6-8-14(21)9-7-13/h2-12H,1H3,(H,22,23). The van der Waals surface area contributed by atoms with Crippen molar-refractivity contribution in [3.05, 3.63) is 71.9 Å². The van der Waals surface area contributed by atoms with Crippen LogP contribution in [0.25, 0.3) is 33.7 Å². The van der Waals surface area contributed by atoms with Gasteiger partial charge in [0, 0.05) is 34.9 Å². The molecule has 0 spiro atoms. The average molecular weight is 347 g/mol. The summed E-state index contributed by atoms with van der Waals surface area (Å²) in [5, 5.41) is 4.80. The van der Waals surface area contributed by atoms with Crippen LogP contribution in [0.5, 0.6) is 0 Å². The first-order valence-electron chi connectivity index (χ1n) is 7.91. The zero-order valence-electron chi connectivity index (χ0n) is 13.6. The highest BCUT2D eigenvalue weighted by Gasteiger charge is 2.12. The lowest BCUT2D eigenvalue weighted by Crippen LogP contribution is -1.97. The molecule has 122 valence electrons. The van der Waals surface area contributed by atoms with E-state index in [4.69, 9.17) is 21.6 Å². The second-order valence-electron chi connectivity index (χ2n) is 5.60. The first-order valence-corrected chi connectivity index (χ1v) is 8.29. The van der Waals surface area contributed by atoms with Gasteiger partial charge >= 0.3 is 0 Å². The molecule has 5 heteroatoms. The fraction of sp³-hybridized carbons (Fsp3) is 0.0500. The molecule has 0 radical (unpaired) electrons. The van der Waals surface area contributed by atoms with Gasteiger partial charge in [0.05, 0.1) is 11.2 Å². The Bertz CT molecular complexity index is 1040. The molecular formula is C20H15ClN4. The number of para-hydroxylation sites is 1. The molecule has 0 unspecified atom stereocenters. The Balaban J connectivity index is 1.97. The van der Waals surface area contributed by atoms with Crippen LogP contribution in [0.4, 0.5) is 5.69 Å². The van der Waals surface area contributed by atoms with Gasteiger partial charge in [-0.05, 0) is 42.5 Å². The molecule has 0 aliphatic heterocycles. The van der Waals surface area contributed by atoms with Crippen LogP contribution in [0.3, 0.4) is 0 Å². The summed E-state index contributed by atoms with van der Waals surface area (Å²) in [4.78, 5) is 14.0. The molecule has 0 bridgehead atoms. The van der Waals surface area contributed by atoms with Crippen molar-refractivity contribution in [1.29, 1.82) is 0 Å². The van der Waals surface area contributed by atoms with Crippen LogP contribution < -0.4 is 5.32 Å². The minimum Gasteiger partial charge on any atom is -0.388 e. The summed E-state index contributed by atoms with van der Waals surface area (Å²) in [6.07, 6.45) is 1.78. The predicted octanol–water partition coefficient (Wildman–Crippen LogP) is 5.05. The van der Waals surface area contributed by atoms with Crippen molar-refractivity contribution in [2.24, 2.45) is 0 Å². The first kappa shape index (κ1) is 15.5. The first-order chi connectivity index (χ1) is 12.2. The number of anilines is 1. The van der Waals surface area contributed by atoms with E-state index in [2.05, 4.69) is 10.3 Å². The minimum atomic E-state index is 0.655. The number of nitrogens with zero attached hydrogens (tertiary/aromatic N) is 3. The molecule has 0 atom stereocenters. The number of rotatable bonds is 3. The van der Waals surface area contributed by atoms with Crippen molar-refractivity contribution in [3.8, 4) is 22.8 Å². The maximum absolute atomic E-state index is 6.00. The lowest BCUT2D eigenvalue weighted by Gasteiger charge is -2.10. The molecule has 0 fully saturated rings. The summed E-state index contributed by atoms with van der Waals surface area (Å²) >= 11 is 6.00. The van der Waals surface area contributed by atoms with Crippen LogP contribution in [0.15, 0.2) is 66.9 Å². The monoisotopic (exact) mass is 346 g/mol. The van der Waals surface area contributed by atoms with E-state index >= 15 is 0 Å². The molecule has 0 aliphatic rings. The van der Waals surface area contributed by atoms with Crippen LogP contribution >= 0.6 is 11.6 Å². The van der Waals surface area contributed by atoms with Crippen LogP contribution in [-0.4, -0.2) is 22.0 Å². The average Bonchev–Trinajstić information content (AvgIpc) is 2.67. The van der Waals surface area contributed by atoms with Crippen LogP contribution in [0, 0.1) is 0 Å². The molecule has 0 amide bonds. The van der Waals surface area contributed by atoms with Crippen molar-refractivity contribution in [1.82, 2.24) is 15.0 Å². The Morgan fingerprint density at radius 2 is 1.72 bits per heavy atom. The molecule has 1 N–H and O–H groups in total. The van der Waals surface area contributed by atoms with Crippen molar-refractivity contribution in [2.45, 2.75) is 0 Å². The van der Waals surface area contributed by atoms with E-state index in [9.17, 15) is 0 Å². The molecule has 0 saturated carbocycles. The highest BCUT2D eigenvalue weighted by molar-refractivity contribution is 6.30. The fourth-order valence-electron chi connectivity index (χ4n) is 2.72. The summed E-state index contributed by atoms with van der Waals surface area (Å²) in [5.41, 5.74) is 4.41. The summed E-state index contributed by atoms with van der Waals surface area (Å²) < 4.78 is 0. The van der Waals surface area contributed by atoms with Crippen LogP contribution in [0.1, 0.15) is 0 Å². The Morgan fingerprint density at radius 1 is 0.920 bits per heavy atom. The molecule has 4 nitrogen and oxygen atoms in total. The number of fused-ring (bicyclic) bond motifs is 1. The summed E-state index contributed by atoms with van der Waals surface area (Å²) in [6.45, 7) is 0. The van der Waals surface area contributed by atoms with Crippen molar-refractivity contribution in [2.75, 3.05) is 12.4 Å². The molecule has 0 aliphatic carbocycles. The normalized spacial score (nSPS) is 10.8. The third kappa shape index (κ3) is 3.04. The number of pyridine rings is 1. The Labute approximate surface area is 150 Å². The largest absolute Gasteiger partial charge is 0.388 e. The molecular weight excluding hydrogens is 332 g/mol. The third-order valence-corrected chi connectivity index (χ3v) is 4.25.